The Morgan fingerprint density at radius 1 is 1.18 bits per heavy atom. The molecule has 2 aliphatic rings. The minimum atomic E-state index is -0.192. The maximum atomic E-state index is 10.4. The Labute approximate surface area is 102 Å². The normalized spacial score (nSPS) is 36.4. The van der Waals surface area contributed by atoms with Gasteiger partial charge in [-0.05, 0) is 24.9 Å². The molecule has 3 rings (SSSR count). The standard InChI is InChI=1S/C15H19NO/c1-16-14(10-5-3-2-4-6-10)13-11-7-8-12(9-11)15(13)17/h2-8,11-17H,9H2,1H3/t11?,12?,13?,14-,15?/m1/s1. The zero-order valence-corrected chi connectivity index (χ0v) is 10.1. The van der Waals surface area contributed by atoms with E-state index in [1.165, 1.54) is 5.56 Å². The molecule has 0 aromatic heterocycles. The molecule has 0 spiro atoms. The van der Waals surface area contributed by atoms with Crippen molar-refractivity contribution in [3.05, 3.63) is 48.0 Å². The number of allylic oxidation sites excluding steroid dienone is 1. The van der Waals surface area contributed by atoms with Crippen molar-refractivity contribution in [2.24, 2.45) is 17.8 Å². The summed E-state index contributed by atoms with van der Waals surface area (Å²) in [5.74, 6) is 1.23. The molecular weight excluding hydrogens is 210 g/mol. The molecule has 0 heterocycles. The van der Waals surface area contributed by atoms with Crippen molar-refractivity contribution in [1.82, 2.24) is 5.32 Å². The van der Waals surface area contributed by atoms with Gasteiger partial charge in [0.05, 0.1) is 6.10 Å². The summed E-state index contributed by atoms with van der Waals surface area (Å²) in [7, 11) is 1.99. The number of aliphatic hydroxyl groups is 1. The van der Waals surface area contributed by atoms with Crippen LogP contribution in [0, 0.1) is 17.8 Å². The first-order valence-corrected chi connectivity index (χ1v) is 6.40. The fraction of sp³-hybridized carbons (Fsp3) is 0.467. The van der Waals surface area contributed by atoms with E-state index < -0.39 is 0 Å². The Bertz CT molecular complexity index is 414. The molecule has 0 radical (unpaired) electrons. The SMILES string of the molecule is CN[C@H](c1ccccc1)C1C2C=CC(C2)C1O. The minimum Gasteiger partial charge on any atom is -0.392 e. The number of fused-ring (bicyclic) bond motifs is 2. The van der Waals surface area contributed by atoms with E-state index in [-0.39, 0.29) is 12.1 Å². The smallest absolute Gasteiger partial charge is 0.0654 e. The van der Waals surface area contributed by atoms with Crippen molar-refractivity contribution in [3.8, 4) is 0 Å². The third kappa shape index (κ3) is 1.72. The zero-order chi connectivity index (χ0) is 11.8. The average molecular weight is 229 g/mol. The van der Waals surface area contributed by atoms with Crippen molar-refractivity contribution < 1.29 is 5.11 Å². The Kier molecular flexibility index (Phi) is 2.77. The van der Waals surface area contributed by atoms with E-state index in [9.17, 15) is 5.11 Å². The monoisotopic (exact) mass is 229 g/mol. The van der Waals surface area contributed by atoms with Crippen LogP contribution < -0.4 is 5.32 Å². The molecule has 0 amide bonds. The highest BCUT2D eigenvalue weighted by molar-refractivity contribution is 5.24. The molecule has 1 aromatic rings. The van der Waals surface area contributed by atoms with Crippen molar-refractivity contribution in [2.75, 3.05) is 7.05 Å². The number of benzene rings is 1. The zero-order valence-electron chi connectivity index (χ0n) is 10.1. The van der Waals surface area contributed by atoms with E-state index in [1.807, 2.05) is 13.1 Å². The third-order valence-corrected chi connectivity index (χ3v) is 4.33. The number of hydrogen-bond acceptors (Lipinski definition) is 2. The molecule has 17 heavy (non-hydrogen) atoms. The lowest BCUT2D eigenvalue weighted by molar-refractivity contribution is 0.0758. The van der Waals surface area contributed by atoms with Gasteiger partial charge in [0.15, 0.2) is 0 Å². The number of rotatable bonds is 3. The molecule has 1 fully saturated rings. The minimum absolute atomic E-state index is 0.192. The van der Waals surface area contributed by atoms with Gasteiger partial charge in [0.2, 0.25) is 0 Å². The number of nitrogens with one attached hydrogen (secondary N) is 1. The van der Waals surface area contributed by atoms with Gasteiger partial charge in [-0.2, -0.15) is 0 Å². The molecule has 2 nitrogen and oxygen atoms in total. The quantitative estimate of drug-likeness (QED) is 0.778. The second kappa shape index (κ2) is 4.28. The first-order chi connectivity index (χ1) is 8.31. The fourth-order valence-electron chi connectivity index (χ4n) is 3.52. The summed E-state index contributed by atoms with van der Waals surface area (Å²) < 4.78 is 0. The van der Waals surface area contributed by atoms with E-state index in [0.717, 1.165) is 6.42 Å². The van der Waals surface area contributed by atoms with Crippen LogP contribution in [0.15, 0.2) is 42.5 Å². The summed E-state index contributed by atoms with van der Waals surface area (Å²) in [5, 5.41) is 13.7. The van der Waals surface area contributed by atoms with Gasteiger partial charge in [-0.3, -0.25) is 0 Å². The largest absolute Gasteiger partial charge is 0.392 e. The molecular formula is C15H19NO. The summed E-state index contributed by atoms with van der Waals surface area (Å²) in [5.41, 5.74) is 1.28. The lowest BCUT2D eigenvalue weighted by atomic mass is 9.81. The van der Waals surface area contributed by atoms with Gasteiger partial charge >= 0.3 is 0 Å². The molecule has 1 saturated carbocycles. The average Bonchev–Trinajstić information content (AvgIpc) is 2.95. The molecule has 2 N–H and O–H groups in total. The predicted molar refractivity (Wildman–Crippen MR) is 68.5 cm³/mol. The van der Waals surface area contributed by atoms with Crippen LogP contribution in [-0.4, -0.2) is 18.3 Å². The lowest BCUT2D eigenvalue weighted by Gasteiger charge is -2.32. The summed E-state index contributed by atoms with van der Waals surface area (Å²) in [6, 6.07) is 10.7. The van der Waals surface area contributed by atoms with Gasteiger partial charge < -0.3 is 10.4 Å². The van der Waals surface area contributed by atoms with Crippen molar-refractivity contribution in [1.29, 1.82) is 0 Å². The van der Waals surface area contributed by atoms with Crippen LogP contribution in [-0.2, 0) is 0 Å². The van der Waals surface area contributed by atoms with E-state index in [0.29, 0.717) is 17.8 Å². The number of aliphatic hydroxyl groups excluding tert-OH is 1. The summed E-state index contributed by atoms with van der Waals surface area (Å²) in [4.78, 5) is 0. The van der Waals surface area contributed by atoms with Gasteiger partial charge in [0.1, 0.15) is 0 Å². The molecule has 0 saturated heterocycles. The van der Waals surface area contributed by atoms with Crippen LogP contribution in [0.1, 0.15) is 18.0 Å². The first-order valence-electron chi connectivity index (χ1n) is 6.40. The lowest BCUT2D eigenvalue weighted by Crippen LogP contribution is -2.36. The van der Waals surface area contributed by atoms with Crippen LogP contribution in [0.2, 0.25) is 0 Å². The second-order valence-corrected chi connectivity index (χ2v) is 5.19. The van der Waals surface area contributed by atoms with E-state index >= 15 is 0 Å². The Morgan fingerprint density at radius 3 is 2.47 bits per heavy atom. The molecule has 5 atom stereocenters. The highest BCUT2D eigenvalue weighted by Gasteiger charge is 2.47. The van der Waals surface area contributed by atoms with Crippen LogP contribution in [0.5, 0.6) is 0 Å². The van der Waals surface area contributed by atoms with E-state index in [4.69, 9.17) is 0 Å². The van der Waals surface area contributed by atoms with Crippen LogP contribution >= 0.6 is 0 Å². The molecule has 1 aromatic carbocycles. The van der Waals surface area contributed by atoms with Crippen molar-refractivity contribution in [3.63, 3.8) is 0 Å². The third-order valence-electron chi connectivity index (χ3n) is 4.33. The Balaban J connectivity index is 1.90. The van der Waals surface area contributed by atoms with Gasteiger partial charge in [-0.25, -0.2) is 0 Å². The van der Waals surface area contributed by atoms with Crippen LogP contribution in [0.25, 0.3) is 0 Å². The highest BCUT2D eigenvalue weighted by atomic mass is 16.3. The van der Waals surface area contributed by atoms with E-state index in [2.05, 4.69) is 41.7 Å². The van der Waals surface area contributed by atoms with Gasteiger partial charge in [-0.15, -0.1) is 0 Å². The van der Waals surface area contributed by atoms with Gasteiger partial charge in [0, 0.05) is 17.9 Å². The van der Waals surface area contributed by atoms with Crippen molar-refractivity contribution >= 4 is 0 Å². The molecule has 2 heteroatoms. The maximum Gasteiger partial charge on any atom is 0.0654 e. The molecule has 2 aliphatic carbocycles. The molecule has 0 aliphatic heterocycles. The van der Waals surface area contributed by atoms with E-state index in [1.54, 1.807) is 0 Å². The summed E-state index contributed by atoms with van der Waals surface area (Å²) >= 11 is 0. The van der Waals surface area contributed by atoms with Crippen LogP contribution in [0.4, 0.5) is 0 Å². The molecule has 4 unspecified atom stereocenters. The topological polar surface area (TPSA) is 32.3 Å². The Hall–Kier alpha value is -1.12. The fourth-order valence-corrected chi connectivity index (χ4v) is 3.52. The maximum absolute atomic E-state index is 10.4. The first kappa shape index (κ1) is 11.0. The van der Waals surface area contributed by atoms with Crippen LogP contribution in [0.3, 0.4) is 0 Å². The Morgan fingerprint density at radius 2 is 1.88 bits per heavy atom. The highest BCUT2D eigenvalue weighted by Crippen LogP contribution is 2.48. The van der Waals surface area contributed by atoms with Gasteiger partial charge in [0.25, 0.3) is 0 Å². The van der Waals surface area contributed by atoms with Gasteiger partial charge in [-0.1, -0.05) is 42.5 Å². The molecule has 2 bridgehead atoms. The summed E-state index contributed by atoms with van der Waals surface area (Å²) in [6.07, 6.45) is 5.40. The van der Waals surface area contributed by atoms with Crippen molar-refractivity contribution in [2.45, 2.75) is 18.6 Å². The second-order valence-electron chi connectivity index (χ2n) is 5.19. The molecule has 90 valence electrons. The summed E-state index contributed by atoms with van der Waals surface area (Å²) in [6.45, 7) is 0. The number of hydrogen-bond donors (Lipinski definition) is 2. The predicted octanol–water partition coefficient (Wildman–Crippen LogP) is 2.13.